The Bertz CT molecular complexity index is 649. The van der Waals surface area contributed by atoms with Gasteiger partial charge in [0.2, 0.25) is 5.91 Å². The lowest BCUT2D eigenvalue weighted by atomic mass is 10.1. The molecule has 0 fully saturated rings. The van der Waals surface area contributed by atoms with Crippen LogP contribution in [-0.2, 0) is 17.8 Å². The zero-order chi connectivity index (χ0) is 17.4. The fourth-order valence-electron chi connectivity index (χ4n) is 2.65. The fourth-order valence-corrected chi connectivity index (χ4v) is 2.65. The second-order valence-electron chi connectivity index (χ2n) is 5.95. The van der Waals surface area contributed by atoms with Crippen molar-refractivity contribution in [2.75, 3.05) is 18.4 Å². The molecular formula is C20H29Cl2N3O. The number of amides is 1. The highest BCUT2D eigenvalue weighted by Crippen LogP contribution is 2.13. The van der Waals surface area contributed by atoms with Crippen molar-refractivity contribution in [1.82, 2.24) is 4.90 Å². The van der Waals surface area contributed by atoms with Gasteiger partial charge in [-0.15, -0.1) is 24.8 Å². The molecule has 4 nitrogen and oxygen atoms in total. The summed E-state index contributed by atoms with van der Waals surface area (Å²) in [6, 6.07) is 17.2. The van der Waals surface area contributed by atoms with E-state index >= 15 is 0 Å². The van der Waals surface area contributed by atoms with E-state index in [0.29, 0.717) is 6.42 Å². The SMILES string of the molecule is CCN(CC)Cc1cccc(NC(=O)[C@@H](N)Cc2ccccc2)c1.Cl.Cl. The van der Waals surface area contributed by atoms with Crippen LogP contribution in [0, 0.1) is 0 Å². The molecule has 2 rings (SSSR count). The van der Waals surface area contributed by atoms with Crippen molar-refractivity contribution in [3.63, 3.8) is 0 Å². The van der Waals surface area contributed by atoms with E-state index < -0.39 is 6.04 Å². The summed E-state index contributed by atoms with van der Waals surface area (Å²) in [5.41, 5.74) is 9.09. The van der Waals surface area contributed by atoms with E-state index in [9.17, 15) is 4.79 Å². The molecule has 0 bridgehead atoms. The number of carbonyl (C=O) groups excluding carboxylic acids is 1. The van der Waals surface area contributed by atoms with Gasteiger partial charge >= 0.3 is 0 Å². The normalized spacial score (nSPS) is 11.2. The molecule has 2 aromatic rings. The van der Waals surface area contributed by atoms with Crippen LogP contribution in [0.5, 0.6) is 0 Å². The number of hydrogen-bond donors (Lipinski definition) is 2. The molecule has 0 aliphatic heterocycles. The highest BCUT2D eigenvalue weighted by Gasteiger charge is 2.14. The maximum absolute atomic E-state index is 12.3. The summed E-state index contributed by atoms with van der Waals surface area (Å²) in [7, 11) is 0. The Morgan fingerprint density at radius 3 is 2.23 bits per heavy atom. The Morgan fingerprint density at radius 2 is 1.62 bits per heavy atom. The molecule has 2 aromatic carbocycles. The second-order valence-corrected chi connectivity index (χ2v) is 5.95. The van der Waals surface area contributed by atoms with Crippen molar-refractivity contribution < 1.29 is 4.79 Å². The first-order valence-electron chi connectivity index (χ1n) is 8.54. The zero-order valence-corrected chi connectivity index (χ0v) is 17.0. The minimum atomic E-state index is -0.557. The molecule has 0 radical (unpaired) electrons. The van der Waals surface area contributed by atoms with Gasteiger partial charge in [0.05, 0.1) is 6.04 Å². The van der Waals surface area contributed by atoms with Crippen LogP contribution < -0.4 is 11.1 Å². The monoisotopic (exact) mass is 397 g/mol. The van der Waals surface area contributed by atoms with Crippen LogP contribution in [0.2, 0.25) is 0 Å². The average molecular weight is 398 g/mol. The standard InChI is InChI=1S/C20H27N3O.2ClH/c1-3-23(4-2)15-17-11-8-12-18(13-17)22-20(24)19(21)14-16-9-6-5-7-10-16;;/h5-13,19H,3-4,14-15,21H2,1-2H3,(H,22,24);2*1H/t19-;;/m0../s1. The van der Waals surface area contributed by atoms with Gasteiger partial charge in [-0.2, -0.15) is 0 Å². The van der Waals surface area contributed by atoms with Crippen LogP contribution >= 0.6 is 24.8 Å². The Morgan fingerprint density at radius 1 is 1.00 bits per heavy atom. The maximum atomic E-state index is 12.3. The molecule has 6 heteroatoms. The quantitative estimate of drug-likeness (QED) is 0.710. The van der Waals surface area contributed by atoms with Crippen LogP contribution in [0.1, 0.15) is 25.0 Å². The van der Waals surface area contributed by atoms with E-state index in [1.807, 2.05) is 48.5 Å². The first-order valence-corrected chi connectivity index (χ1v) is 8.54. The van der Waals surface area contributed by atoms with E-state index in [2.05, 4.69) is 30.1 Å². The number of carbonyl (C=O) groups is 1. The van der Waals surface area contributed by atoms with E-state index in [0.717, 1.165) is 30.9 Å². The van der Waals surface area contributed by atoms with Crippen molar-refractivity contribution in [2.45, 2.75) is 32.9 Å². The number of nitrogens with two attached hydrogens (primary N) is 1. The molecule has 0 aliphatic carbocycles. The minimum absolute atomic E-state index is 0. The van der Waals surface area contributed by atoms with Crippen molar-refractivity contribution in [2.24, 2.45) is 5.73 Å². The molecule has 26 heavy (non-hydrogen) atoms. The maximum Gasteiger partial charge on any atom is 0.241 e. The van der Waals surface area contributed by atoms with Gasteiger partial charge in [0.15, 0.2) is 0 Å². The summed E-state index contributed by atoms with van der Waals surface area (Å²) in [5.74, 6) is -0.154. The predicted molar refractivity (Wildman–Crippen MR) is 114 cm³/mol. The third-order valence-corrected chi connectivity index (χ3v) is 4.13. The number of halogens is 2. The minimum Gasteiger partial charge on any atom is -0.325 e. The van der Waals surface area contributed by atoms with Gasteiger partial charge in [-0.1, -0.05) is 56.3 Å². The van der Waals surface area contributed by atoms with E-state index in [1.54, 1.807) is 0 Å². The lowest BCUT2D eigenvalue weighted by Crippen LogP contribution is -2.37. The van der Waals surface area contributed by atoms with Crippen molar-refractivity contribution >= 4 is 36.4 Å². The summed E-state index contributed by atoms with van der Waals surface area (Å²) in [6.45, 7) is 7.20. The van der Waals surface area contributed by atoms with Gasteiger partial charge in [-0.05, 0) is 42.8 Å². The summed E-state index contributed by atoms with van der Waals surface area (Å²) >= 11 is 0. The Hall–Kier alpha value is -1.59. The molecule has 0 unspecified atom stereocenters. The second kappa shape index (κ2) is 12.7. The van der Waals surface area contributed by atoms with Gasteiger partial charge in [-0.3, -0.25) is 9.69 Å². The van der Waals surface area contributed by atoms with Crippen LogP contribution in [0.15, 0.2) is 54.6 Å². The number of rotatable bonds is 8. The fraction of sp³-hybridized carbons (Fsp3) is 0.350. The first kappa shape index (κ1) is 24.4. The summed E-state index contributed by atoms with van der Waals surface area (Å²) in [6.07, 6.45) is 0.534. The molecule has 1 amide bonds. The summed E-state index contributed by atoms with van der Waals surface area (Å²) < 4.78 is 0. The summed E-state index contributed by atoms with van der Waals surface area (Å²) in [4.78, 5) is 14.7. The molecule has 0 heterocycles. The topological polar surface area (TPSA) is 58.4 Å². The van der Waals surface area contributed by atoms with E-state index in [4.69, 9.17) is 5.73 Å². The Labute approximate surface area is 169 Å². The van der Waals surface area contributed by atoms with E-state index in [1.165, 1.54) is 5.56 Å². The third kappa shape index (κ3) is 7.75. The van der Waals surface area contributed by atoms with Gasteiger partial charge < -0.3 is 11.1 Å². The lowest BCUT2D eigenvalue weighted by Gasteiger charge is -2.18. The van der Waals surface area contributed by atoms with Gasteiger partial charge in [0, 0.05) is 12.2 Å². The summed E-state index contributed by atoms with van der Waals surface area (Å²) in [5, 5.41) is 2.93. The first-order chi connectivity index (χ1) is 11.6. The van der Waals surface area contributed by atoms with Gasteiger partial charge in [-0.25, -0.2) is 0 Å². The van der Waals surface area contributed by atoms with Crippen LogP contribution in [0.4, 0.5) is 5.69 Å². The van der Waals surface area contributed by atoms with Crippen LogP contribution in [0.3, 0.4) is 0 Å². The molecule has 144 valence electrons. The highest BCUT2D eigenvalue weighted by molar-refractivity contribution is 5.94. The number of nitrogens with one attached hydrogen (secondary N) is 1. The number of hydrogen-bond acceptors (Lipinski definition) is 3. The molecule has 0 spiro atoms. The largest absolute Gasteiger partial charge is 0.325 e. The van der Waals surface area contributed by atoms with Gasteiger partial charge in [0.1, 0.15) is 0 Å². The van der Waals surface area contributed by atoms with Crippen LogP contribution in [-0.4, -0.2) is 29.9 Å². The molecule has 0 saturated carbocycles. The molecule has 0 saturated heterocycles. The number of anilines is 1. The lowest BCUT2D eigenvalue weighted by molar-refractivity contribution is -0.117. The average Bonchev–Trinajstić information content (AvgIpc) is 2.60. The third-order valence-electron chi connectivity index (χ3n) is 4.13. The van der Waals surface area contributed by atoms with Gasteiger partial charge in [0.25, 0.3) is 0 Å². The van der Waals surface area contributed by atoms with Crippen molar-refractivity contribution in [1.29, 1.82) is 0 Å². The highest BCUT2D eigenvalue weighted by atomic mass is 35.5. The Balaban J connectivity index is 0.00000312. The molecular weight excluding hydrogens is 369 g/mol. The Kier molecular flexibility index (Phi) is 11.9. The van der Waals surface area contributed by atoms with E-state index in [-0.39, 0.29) is 30.7 Å². The van der Waals surface area contributed by atoms with Crippen molar-refractivity contribution in [3.05, 3.63) is 65.7 Å². The predicted octanol–water partition coefficient (Wildman–Crippen LogP) is 3.88. The van der Waals surface area contributed by atoms with Crippen molar-refractivity contribution in [3.8, 4) is 0 Å². The molecule has 0 aliphatic rings. The zero-order valence-electron chi connectivity index (χ0n) is 15.4. The van der Waals surface area contributed by atoms with Crippen LogP contribution in [0.25, 0.3) is 0 Å². The number of nitrogens with zero attached hydrogens (tertiary/aromatic N) is 1. The molecule has 3 N–H and O–H groups in total. The smallest absolute Gasteiger partial charge is 0.241 e. The number of benzene rings is 2. The molecule has 1 atom stereocenters. The molecule has 0 aromatic heterocycles.